The van der Waals surface area contributed by atoms with Gasteiger partial charge in [-0.2, -0.15) is 23.5 Å². The number of carbonyl (C=O) groups is 3. The SMILES string of the molecule is CC(=O)N1CCN(C(C#N)(NC(=O)c2ccccc2)c2cc(C(F)(F)F)c3c(N)ncnn23)C(=O)C1(C)C. The fraction of sp³-hybridized carbons (Fsp3) is 0.333. The number of fused-ring (bicyclic) bond motifs is 1. The van der Waals surface area contributed by atoms with Crippen LogP contribution in [0.4, 0.5) is 19.0 Å². The third kappa shape index (κ3) is 4.05. The first-order chi connectivity index (χ1) is 17.8. The van der Waals surface area contributed by atoms with Gasteiger partial charge in [0.05, 0.1) is 5.56 Å². The monoisotopic (exact) mass is 528 g/mol. The highest BCUT2D eigenvalue weighted by molar-refractivity contribution is 5.97. The molecule has 0 radical (unpaired) electrons. The summed E-state index contributed by atoms with van der Waals surface area (Å²) in [6.07, 6.45) is -4.05. The van der Waals surface area contributed by atoms with Crippen molar-refractivity contribution in [1.29, 1.82) is 5.26 Å². The van der Waals surface area contributed by atoms with Gasteiger partial charge in [-0.05, 0) is 32.0 Å². The Kier molecular flexibility index (Phi) is 6.26. The fourth-order valence-corrected chi connectivity index (χ4v) is 4.68. The predicted molar refractivity (Wildman–Crippen MR) is 127 cm³/mol. The van der Waals surface area contributed by atoms with Crippen molar-refractivity contribution in [1.82, 2.24) is 29.7 Å². The number of anilines is 1. The lowest BCUT2D eigenvalue weighted by molar-refractivity contribution is -0.163. The highest BCUT2D eigenvalue weighted by atomic mass is 19.4. The Bertz CT molecular complexity index is 1480. The van der Waals surface area contributed by atoms with Crippen LogP contribution in [0, 0.1) is 11.3 Å². The molecule has 1 aromatic carbocycles. The standard InChI is InChI=1S/C24H23F3N8O3/c1-14(36)33-9-10-34(21(38)22(33,2)3)23(12-28,32-20(37)15-7-5-4-6-8-15)17-11-16(24(25,26)27)18-19(29)30-13-31-35(17)18/h4-8,11,13H,9-10H2,1-3H3,(H,32,37)(H2,29,30,31). The van der Waals surface area contributed by atoms with E-state index in [9.17, 15) is 32.8 Å². The molecule has 1 fully saturated rings. The Morgan fingerprint density at radius 1 is 1.18 bits per heavy atom. The van der Waals surface area contributed by atoms with Gasteiger partial charge in [0.15, 0.2) is 5.82 Å². The number of aromatic nitrogens is 3. The Labute approximate surface area is 214 Å². The third-order valence-corrected chi connectivity index (χ3v) is 6.53. The van der Waals surface area contributed by atoms with E-state index >= 15 is 0 Å². The summed E-state index contributed by atoms with van der Waals surface area (Å²) in [5.74, 6) is -2.54. The molecule has 3 N–H and O–H groups in total. The van der Waals surface area contributed by atoms with Gasteiger partial charge in [-0.15, -0.1) is 0 Å². The van der Waals surface area contributed by atoms with Crippen LogP contribution in [-0.2, 0) is 21.4 Å². The van der Waals surface area contributed by atoms with Crippen LogP contribution in [0.2, 0.25) is 0 Å². The Balaban J connectivity index is 2.01. The predicted octanol–water partition coefficient (Wildman–Crippen LogP) is 1.91. The van der Waals surface area contributed by atoms with Crippen molar-refractivity contribution >= 4 is 29.1 Å². The molecule has 3 heterocycles. The van der Waals surface area contributed by atoms with Crippen LogP contribution < -0.4 is 11.1 Å². The van der Waals surface area contributed by atoms with E-state index in [1.165, 1.54) is 37.8 Å². The van der Waals surface area contributed by atoms with Gasteiger partial charge in [0.25, 0.3) is 11.8 Å². The lowest BCUT2D eigenvalue weighted by Crippen LogP contribution is -2.71. The maximum absolute atomic E-state index is 14.1. The van der Waals surface area contributed by atoms with Gasteiger partial charge in [-0.1, -0.05) is 18.2 Å². The normalized spacial score (nSPS) is 17.1. The summed E-state index contributed by atoms with van der Waals surface area (Å²) in [7, 11) is 0. The average molecular weight is 528 g/mol. The fourth-order valence-electron chi connectivity index (χ4n) is 4.68. The van der Waals surface area contributed by atoms with Crippen molar-refractivity contribution in [3.8, 4) is 6.07 Å². The number of carbonyl (C=O) groups excluding carboxylic acids is 3. The number of rotatable bonds is 4. The molecule has 198 valence electrons. The first-order valence-corrected chi connectivity index (χ1v) is 11.3. The van der Waals surface area contributed by atoms with Crippen LogP contribution in [0.15, 0.2) is 42.7 Å². The van der Waals surface area contributed by atoms with Crippen molar-refractivity contribution in [2.75, 3.05) is 18.8 Å². The summed E-state index contributed by atoms with van der Waals surface area (Å²) in [5.41, 5.74) is -0.492. The smallest absolute Gasteiger partial charge is 0.382 e. The molecule has 3 amide bonds. The van der Waals surface area contributed by atoms with E-state index in [4.69, 9.17) is 5.73 Å². The molecule has 0 bridgehead atoms. The largest absolute Gasteiger partial charge is 0.418 e. The molecule has 38 heavy (non-hydrogen) atoms. The minimum atomic E-state index is -4.94. The molecular weight excluding hydrogens is 505 g/mol. The first kappa shape index (κ1) is 26.4. The van der Waals surface area contributed by atoms with E-state index in [1.54, 1.807) is 18.2 Å². The number of nitrogens with one attached hydrogen (secondary N) is 1. The Morgan fingerprint density at radius 2 is 1.84 bits per heavy atom. The number of amides is 3. The Hall–Kier alpha value is -4.67. The number of hydrogen-bond acceptors (Lipinski definition) is 7. The molecule has 1 atom stereocenters. The maximum atomic E-state index is 14.1. The molecule has 11 nitrogen and oxygen atoms in total. The lowest BCUT2D eigenvalue weighted by Gasteiger charge is -2.50. The summed E-state index contributed by atoms with van der Waals surface area (Å²) >= 11 is 0. The van der Waals surface area contributed by atoms with Crippen molar-refractivity contribution in [3.05, 3.63) is 59.5 Å². The number of nitrogen functional groups attached to an aromatic ring is 1. The van der Waals surface area contributed by atoms with Crippen LogP contribution >= 0.6 is 0 Å². The van der Waals surface area contributed by atoms with Crippen molar-refractivity contribution in [2.45, 2.75) is 38.1 Å². The van der Waals surface area contributed by atoms with E-state index in [0.717, 1.165) is 15.7 Å². The molecule has 1 aliphatic rings. The number of benzene rings is 1. The lowest BCUT2D eigenvalue weighted by atomic mass is 9.92. The van der Waals surface area contributed by atoms with Gasteiger partial charge in [0.2, 0.25) is 11.6 Å². The molecule has 0 aliphatic carbocycles. The van der Waals surface area contributed by atoms with E-state index in [2.05, 4.69) is 15.4 Å². The van der Waals surface area contributed by atoms with Crippen molar-refractivity contribution in [3.63, 3.8) is 0 Å². The summed E-state index contributed by atoms with van der Waals surface area (Å²) in [6, 6.07) is 10.1. The van der Waals surface area contributed by atoms with Crippen molar-refractivity contribution < 1.29 is 27.6 Å². The summed E-state index contributed by atoms with van der Waals surface area (Å²) in [4.78, 5) is 45.2. The molecule has 4 rings (SSSR count). The van der Waals surface area contributed by atoms with Crippen LogP contribution in [0.3, 0.4) is 0 Å². The molecule has 1 unspecified atom stereocenters. The number of alkyl halides is 3. The third-order valence-electron chi connectivity index (χ3n) is 6.53. The minimum absolute atomic E-state index is 0.0503. The number of nitrogens with zero attached hydrogens (tertiary/aromatic N) is 6. The van der Waals surface area contributed by atoms with E-state index in [1.807, 2.05) is 6.07 Å². The molecule has 14 heteroatoms. The van der Waals surface area contributed by atoms with Gasteiger partial charge < -0.3 is 16.0 Å². The number of halogens is 3. The first-order valence-electron chi connectivity index (χ1n) is 11.3. The van der Waals surface area contributed by atoms with Crippen molar-refractivity contribution in [2.24, 2.45) is 0 Å². The molecule has 1 saturated heterocycles. The van der Waals surface area contributed by atoms with E-state index < -0.39 is 57.7 Å². The number of nitrogens with two attached hydrogens (primary N) is 1. The van der Waals surface area contributed by atoms with Gasteiger partial charge >= 0.3 is 6.18 Å². The topological polar surface area (TPSA) is 150 Å². The van der Waals surface area contributed by atoms with Gasteiger partial charge in [-0.25, -0.2) is 9.50 Å². The van der Waals surface area contributed by atoms with Gasteiger partial charge in [-0.3, -0.25) is 19.3 Å². The van der Waals surface area contributed by atoms with Gasteiger partial charge in [0, 0.05) is 25.6 Å². The highest BCUT2D eigenvalue weighted by Crippen LogP contribution is 2.40. The zero-order valence-corrected chi connectivity index (χ0v) is 20.6. The van der Waals surface area contributed by atoms with Crippen LogP contribution in [0.1, 0.15) is 42.4 Å². The summed E-state index contributed by atoms with van der Waals surface area (Å²) < 4.78 is 43.0. The van der Waals surface area contributed by atoms with Gasteiger partial charge in [0.1, 0.15) is 29.1 Å². The summed E-state index contributed by atoms with van der Waals surface area (Å²) in [5, 5.41) is 16.9. The van der Waals surface area contributed by atoms with Crippen LogP contribution in [-0.4, -0.2) is 60.7 Å². The molecule has 1 aliphatic heterocycles. The molecular formula is C24H23F3N8O3. The molecule has 0 spiro atoms. The average Bonchev–Trinajstić information content (AvgIpc) is 3.27. The Morgan fingerprint density at radius 3 is 2.42 bits per heavy atom. The zero-order chi connectivity index (χ0) is 28.0. The summed E-state index contributed by atoms with van der Waals surface area (Å²) in [6.45, 7) is 3.84. The zero-order valence-electron chi connectivity index (χ0n) is 20.6. The number of nitriles is 1. The molecule has 2 aromatic heterocycles. The minimum Gasteiger partial charge on any atom is -0.382 e. The quantitative estimate of drug-likeness (QED) is 0.525. The van der Waals surface area contributed by atoms with Crippen LogP contribution in [0.5, 0.6) is 0 Å². The number of piperazine rings is 1. The van der Waals surface area contributed by atoms with E-state index in [-0.39, 0.29) is 18.7 Å². The number of hydrogen-bond donors (Lipinski definition) is 2. The maximum Gasteiger partial charge on any atom is 0.418 e. The molecule has 3 aromatic rings. The highest BCUT2D eigenvalue weighted by Gasteiger charge is 2.55. The van der Waals surface area contributed by atoms with E-state index in [0.29, 0.717) is 6.07 Å². The second-order valence-corrected chi connectivity index (χ2v) is 9.18. The second kappa shape index (κ2) is 9.02. The molecule has 0 saturated carbocycles. The van der Waals surface area contributed by atoms with Crippen LogP contribution in [0.25, 0.3) is 5.52 Å². The second-order valence-electron chi connectivity index (χ2n) is 9.18.